The van der Waals surface area contributed by atoms with Gasteiger partial charge in [0.2, 0.25) is 11.8 Å². The average Bonchev–Trinajstić information content (AvgIpc) is 3.01. The first-order valence-corrected chi connectivity index (χ1v) is 8.40. The third-order valence-corrected chi connectivity index (χ3v) is 4.35. The second-order valence-corrected chi connectivity index (χ2v) is 6.29. The normalized spacial score (nSPS) is 17.7. The molecule has 1 saturated heterocycles. The van der Waals surface area contributed by atoms with E-state index in [0.717, 1.165) is 0 Å². The molecule has 2 rings (SSSR count). The summed E-state index contributed by atoms with van der Waals surface area (Å²) in [6.07, 6.45) is 0.435. The van der Waals surface area contributed by atoms with Crippen LogP contribution < -0.4 is 19.7 Å². The van der Waals surface area contributed by atoms with Crippen molar-refractivity contribution in [3.63, 3.8) is 0 Å². The van der Waals surface area contributed by atoms with Gasteiger partial charge in [-0.15, -0.1) is 0 Å². The van der Waals surface area contributed by atoms with Crippen molar-refractivity contribution in [3.05, 3.63) is 18.2 Å². The van der Waals surface area contributed by atoms with Crippen molar-refractivity contribution in [2.24, 2.45) is 5.92 Å². The zero-order chi connectivity index (χ0) is 19.3. The topological polar surface area (TPSA) is 105 Å². The molecule has 2 N–H and O–H groups in total. The van der Waals surface area contributed by atoms with Gasteiger partial charge < -0.3 is 24.8 Å². The van der Waals surface area contributed by atoms with Crippen LogP contribution in [0, 0.1) is 5.92 Å². The number of nitrogens with one attached hydrogen (secondary N) is 1. The number of carbonyl (C=O) groups excluding carboxylic acids is 2. The molecule has 26 heavy (non-hydrogen) atoms. The summed E-state index contributed by atoms with van der Waals surface area (Å²) in [6, 6.07) is 4.88. The number of aliphatic carboxylic acids is 1. The molecule has 1 aromatic carbocycles. The lowest BCUT2D eigenvalue weighted by Crippen LogP contribution is -2.38. The number of carbonyl (C=O) groups is 3. The summed E-state index contributed by atoms with van der Waals surface area (Å²) in [5.41, 5.74) is 0.590. The van der Waals surface area contributed by atoms with E-state index in [0.29, 0.717) is 23.6 Å². The fraction of sp³-hybridized carbons (Fsp3) is 0.500. The van der Waals surface area contributed by atoms with E-state index in [1.165, 1.54) is 12.0 Å². The number of anilines is 1. The summed E-state index contributed by atoms with van der Waals surface area (Å²) < 4.78 is 10.5. The summed E-state index contributed by atoms with van der Waals surface area (Å²) >= 11 is 0. The lowest BCUT2D eigenvalue weighted by Gasteiger charge is -2.20. The predicted octanol–water partition coefficient (Wildman–Crippen LogP) is 1.43. The maximum Gasteiger partial charge on any atom is 0.303 e. The van der Waals surface area contributed by atoms with Crippen LogP contribution in [0.4, 0.5) is 5.69 Å². The largest absolute Gasteiger partial charge is 0.497 e. The van der Waals surface area contributed by atoms with Crippen LogP contribution in [0.15, 0.2) is 18.2 Å². The molecule has 0 spiro atoms. The second kappa shape index (κ2) is 8.55. The van der Waals surface area contributed by atoms with Crippen LogP contribution in [0.3, 0.4) is 0 Å². The lowest BCUT2D eigenvalue weighted by molar-refractivity contribution is -0.137. The van der Waals surface area contributed by atoms with E-state index < -0.39 is 11.9 Å². The Morgan fingerprint density at radius 1 is 1.35 bits per heavy atom. The van der Waals surface area contributed by atoms with Crippen LogP contribution in [0.5, 0.6) is 11.5 Å². The molecule has 0 bridgehead atoms. The van der Waals surface area contributed by atoms with E-state index in [1.807, 2.05) is 0 Å². The number of amides is 2. The number of nitrogens with zero attached hydrogens (tertiary/aromatic N) is 1. The van der Waals surface area contributed by atoms with Gasteiger partial charge in [0.05, 0.1) is 25.8 Å². The maximum atomic E-state index is 12.4. The minimum atomic E-state index is -0.903. The van der Waals surface area contributed by atoms with Crippen LogP contribution in [0.1, 0.15) is 26.2 Å². The SMILES string of the molecule is COc1ccc(N2CC(C(=O)NC(C)CCC(=O)O)CC2=O)c(OC)c1. The molecule has 0 aromatic heterocycles. The number of hydrogen-bond donors (Lipinski definition) is 2. The van der Waals surface area contributed by atoms with Crippen molar-refractivity contribution in [1.29, 1.82) is 0 Å². The molecule has 1 aromatic rings. The summed E-state index contributed by atoms with van der Waals surface area (Å²) in [5.74, 6) is -0.688. The van der Waals surface area contributed by atoms with Gasteiger partial charge in [0.1, 0.15) is 11.5 Å². The monoisotopic (exact) mass is 364 g/mol. The molecule has 0 saturated carbocycles. The molecule has 1 aliphatic heterocycles. The Labute approximate surface area is 152 Å². The summed E-state index contributed by atoms with van der Waals surface area (Å²) in [7, 11) is 3.05. The van der Waals surface area contributed by atoms with E-state index in [4.69, 9.17) is 14.6 Å². The number of benzene rings is 1. The predicted molar refractivity (Wildman–Crippen MR) is 94.5 cm³/mol. The molecular formula is C18H24N2O6. The number of carboxylic acid groups (broad SMARTS) is 1. The number of carboxylic acids is 1. The molecule has 0 aliphatic carbocycles. The Morgan fingerprint density at radius 2 is 2.08 bits per heavy atom. The van der Waals surface area contributed by atoms with Gasteiger partial charge in [-0.2, -0.15) is 0 Å². The van der Waals surface area contributed by atoms with Gasteiger partial charge in [0.15, 0.2) is 0 Å². The summed E-state index contributed by atoms with van der Waals surface area (Å²) in [5, 5.41) is 11.5. The van der Waals surface area contributed by atoms with Crippen molar-refractivity contribution in [1.82, 2.24) is 5.32 Å². The Bertz CT molecular complexity index is 690. The third-order valence-electron chi connectivity index (χ3n) is 4.35. The molecule has 142 valence electrons. The molecule has 2 amide bonds. The molecule has 0 radical (unpaired) electrons. The van der Waals surface area contributed by atoms with Crippen molar-refractivity contribution in [3.8, 4) is 11.5 Å². The Kier molecular flexibility index (Phi) is 6.43. The molecular weight excluding hydrogens is 340 g/mol. The smallest absolute Gasteiger partial charge is 0.303 e. The lowest BCUT2D eigenvalue weighted by atomic mass is 10.1. The van der Waals surface area contributed by atoms with Gasteiger partial charge in [-0.1, -0.05) is 0 Å². The van der Waals surface area contributed by atoms with E-state index in [1.54, 1.807) is 32.2 Å². The first-order chi connectivity index (χ1) is 12.3. The molecule has 8 heteroatoms. The van der Waals surface area contributed by atoms with Gasteiger partial charge in [0, 0.05) is 31.5 Å². The van der Waals surface area contributed by atoms with Gasteiger partial charge in [-0.3, -0.25) is 14.4 Å². The summed E-state index contributed by atoms with van der Waals surface area (Å²) in [4.78, 5) is 36.9. The number of hydrogen-bond acceptors (Lipinski definition) is 5. The molecule has 1 heterocycles. The zero-order valence-corrected chi connectivity index (χ0v) is 15.2. The van der Waals surface area contributed by atoms with Crippen molar-refractivity contribution in [2.45, 2.75) is 32.2 Å². The second-order valence-electron chi connectivity index (χ2n) is 6.29. The maximum absolute atomic E-state index is 12.4. The molecule has 2 unspecified atom stereocenters. The quantitative estimate of drug-likeness (QED) is 0.723. The van der Waals surface area contributed by atoms with E-state index in [9.17, 15) is 14.4 Å². The van der Waals surface area contributed by atoms with Crippen LogP contribution >= 0.6 is 0 Å². The minimum absolute atomic E-state index is 0.0137. The molecule has 1 aliphatic rings. The highest BCUT2D eigenvalue weighted by Crippen LogP contribution is 2.35. The highest BCUT2D eigenvalue weighted by atomic mass is 16.5. The number of methoxy groups -OCH3 is 2. The zero-order valence-electron chi connectivity index (χ0n) is 15.2. The van der Waals surface area contributed by atoms with E-state index in [2.05, 4.69) is 5.32 Å². The first kappa shape index (κ1) is 19.6. The van der Waals surface area contributed by atoms with Crippen LogP contribution in [0.2, 0.25) is 0 Å². The fourth-order valence-electron chi connectivity index (χ4n) is 2.90. The number of ether oxygens (including phenoxy) is 2. The van der Waals surface area contributed by atoms with Gasteiger partial charge in [-0.05, 0) is 25.5 Å². The molecule has 2 atom stereocenters. The minimum Gasteiger partial charge on any atom is -0.497 e. The van der Waals surface area contributed by atoms with Crippen LogP contribution in [0.25, 0.3) is 0 Å². The standard InChI is InChI=1S/C18H24N2O6/c1-11(4-7-17(22)23)19-18(24)12-8-16(21)20(10-12)14-6-5-13(25-2)9-15(14)26-3/h5-6,9,11-12H,4,7-8,10H2,1-3H3,(H,19,24)(H,22,23). The van der Waals surface area contributed by atoms with Gasteiger partial charge in [0.25, 0.3) is 0 Å². The highest BCUT2D eigenvalue weighted by molar-refractivity contribution is 6.01. The Morgan fingerprint density at radius 3 is 2.69 bits per heavy atom. The fourth-order valence-corrected chi connectivity index (χ4v) is 2.90. The highest BCUT2D eigenvalue weighted by Gasteiger charge is 2.36. The van der Waals surface area contributed by atoms with Crippen LogP contribution in [-0.4, -0.2) is 49.7 Å². The van der Waals surface area contributed by atoms with E-state index >= 15 is 0 Å². The van der Waals surface area contributed by atoms with Crippen LogP contribution in [-0.2, 0) is 14.4 Å². The van der Waals surface area contributed by atoms with Crippen molar-refractivity contribution in [2.75, 3.05) is 25.7 Å². The number of rotatable bonds is 8. The van der Waals surface area contributed by atoms with Gasteiger partial charge >= 0.3 is 5.97 Å². The van der Waals surface area contributed by atoms with Gasteiger partial charge in [-0.25, -0.2) is 0 Å². The van der Waals surface area contributed by atoms with Crippen molar-refractivity contribution >= 4 is 23.5 Å². The molecule has 1 fully saturated rings. The Hall–Kier alpha value is -2.77. The molecule has 8 nitrogen and oxygen atoms in total. The third kappa shape index (κ3) is 4.65. The summed E-state index contributed by atoms with van der Waals surface area (Å²) in [6.45, 7) is 2.00. The average molecular weight is 364 g/mol. The van der Waals surface area contributed by atoms with E-state index in [-0.39, 0.29) is 37.2 Å². The first-order valence-electron chi connectivity index (χ1n) is 8.40. The Balaban J connectivity index is 2.04. The van der Waals surface area contributed by atoms with Crippen molar-refractivity contribution < 1.29 is 29.0 Å².